The van der Waals surface area contributed by atoms with E-state index in [4.69, 9.17) is 22.1 Å². The van der Waals surface area contributed by atoms with Gasteiger partial charge in [-0.15, -0.1) is 5.10 Å². The first kappa shape index (κ1) is 16.7. The SMILES string of the molecule is COC(=O)C[C@@H]1CCCCN1Cn1nc2sc3ccccc3n2c1=S. The van der Waals surface area contributed by atoms with Gasteiger partial charge in [0.15, 0.2) is 0 Å². The Morgan fingerprint density at radius 3 is 3.08 bits per heavy atom. The second-order valence-electron chi connectivity index (χ2n) is 6.35. The van der Waals surface area contributed by atoms with Gasteiger partial charge in [0.25, 0.3) is 0 Å². The highest BCUT2D eigenvalue weighted by molar-refractivity contribution is 7.71. The van der Waals surface area contributed by atoms with E-state index < -0.39 is 0 Å². The molecule has 1 aliphatic heterocycles. The van der Waals surface area contributed by atoms with Crippen molar-refractivity contribution in [2.75, 3.05) is 13.7 Å². The summed E-state index contributed by atoms with van der Waals surface area (Å²) in [7, 11) is 1.44. The standard InChI is InChI=1S/C17H20N4O2S2/c1-23-15(22)10-12-6-4-5-9-19(12)11-20-17(24)21-13-7-2-3-8-14(13)25-16(21)18-20/h2-3,7-8,12H,4-6,9-11H2,1H3/t12-/m0/s1. The van der Waals surface area contributed by atoms with Crippen molar-refractivity contribution in [3.63, 3.8) is 0 Å². The molecule has 3 heterocycles. The zero-order valence-corrected chi connectivity index (χ0v) is 15.7. The minimum Gasteiger partial charge on any atom is -0.469 e. The number of hydrogen-bond acceptors (Lipinski definition) is 6. The van der Waals surface area contributed by atoms with Crippen LogP contribution in [0.4, 0.5) is 0 Å². The third kappa shape index (κ3) is 3.09. The molecule has 2 aromatic heterocycles. The predicted molar refractivity (Wildman–Crippen MR) is 100 cm³/mol. The van der Waals surface area contributed by atoms with Crippen LogP contribution in [0.2, 0.25) is 0 Å². The van der Waals surface area contributed by atoms with Crippen molar-refractivity contribution in [2.24, 2.45) is 0 Å². The fourth-order valence-electron chi connectivity index (χ4n) is 3.50. The average Bonchev–Trinajstić information content (AvgIpc) is 3.13. The van der Waals surface area contributed by atoms with Crippen LogP contribution in [-0.2, 0) is 16.2 Å². The van der Waals surface area contributed by atoms with E-state index in [0.717, 1.165) is 36.3 Å². The minimum atomic E-state index is -0.155. The van der Waals surface area contributed by atoms with Crippen molar-refractivity contribution in [3.05, 3.63) is 29.0 Å². The lowest BCUT2D eigenvalue weighted by Gasteiger charge is -2.34. The molecule has 8 heteroatoms. The molecule has 1 fully saturated rings. The number of carbonyl (C=O) groups excluding carboxylic acids is 1. The van der Waals surface area contributed by atoms with E-state index in [9.17, 15) is 4.79 Å². The zero-order valence-electron chi connectivity index (χ0n) is 14.1. The third-order valence-electron chi connectivity index (χ3n) is 4.81. The number of benzene rings is 1. The second kappa shape index (κ2) is 6.86. The molecule has 1 aliphatic rings. The Kier molecular flexibility index (Phi) is 4.58. The van der Waals surface area contributed by atoms with Crippen LogP contribution in [-0.4, -0.2) is 44.7 Å². The van der Waals surface area contributed by atoms with Gasteiger partial charge >= 0.3 is 5.97 Å². The summed E-state index contributed by atoms with van der Waals surface area (Å²) in [6.07, 6.45) is 3.71. The van der Waals surface area contributed by atoms with Gasteiger partial charge in [-0.25, -0.2) is 4.68 Å². The Bertz CT molecular complexity index is 974. The molecule has 3 aromatic rings. The van der Waals surface area contributed by atoms with Crippen molar-refractivity contribution < 1.29 is 9.53 Å². The van der Waals surface area contributed by atoms with E-state index in [1.165, 1.54) is 11.8 Å². The van der Waals surface area contributed by atoms with E-state index >= 15 is 0 Å². The maximum Gasteiger partial charge on any atom is 0.307 e. The van der Waals surface area contributed by atoms with Gasteiger partial charge in [0.1, 0.15) is 0 Å². The van der Waals surface area contributed by atoms with Gasteiger partial charge in [-0.05, 0) is 37.2 Å². The van der Waals surface area contributed by atoms with Gasteiger partial charge < -0.3 is 4.74 Å². The molecule has 0 aliphatic carbocycles. The van der Waals surface area contributed by atoms with Crippen LogP contribution in [0.5, 0.6) is 0 Å². The number of carbonyl (C=O) groups is 1. The molecular weight excluding hydrogens is 356 g/mol. The quantitative estimate of drug-likeness (QED) is 0.516. The van der Waals surface area contributed by atoms with Gasteiger partial charge in [0, 0.05) is 12.6 Å². The Labute approximate surface area is 154 Å². The van der Waals surface area contributed by atoms with Crippen LogP contribution in [0, 0.1) is 4.77 Å². The highest BCUT2D eigenvalue weighted by Gasteiger charge is 2.26. The van der Waals surface area contributed by atoms with Crippen molar-refractivity contribution in [1.82, 2.24) is 19.1 Å². The maximum absolute atomic E-state index is 11.7. The molecular formula is C17H20N4O2S2. The summed E-state index contributed by atoms with van der Waals surface area (Å²) < 4.78 is 10.7. The molecule has 0 N–H and O–H groups in total. The van der Waals surface area contributed by atoms with Gasteiger partial charge in [0.05, 0.1) is 30.4 Å². The first-order valence-corrected chi connectivity index (χ1v) is 9.68. The van der Waals surface area contributed by atoms with Crippen LogP contribution in [0.1, 0.15) is 25.7 Å². The number of fused-ring (bicyclic) bond motifs is 3. The summed E-state index contributed by atoms with van der Waals surface area (Å²) >= 11 is 7.32. The topological polar surface area (TPSA) is 51.8 Å². The number of thiazole rings is 1. The van der Waals surface area contributed by atoms with Gasteiger partial charge in [0.2, 0.25) is 9.73 Å². The minimum absolute atomic E-state index is 0.155. The molecule has 0 spiro atoms. The number of aromatic nitrogens is 3. The number of rotatable bonds is 4. The lowest BCUT2D eigenvalue weighted by atomic mass is 10.00. The van der Waals surface area contributed by atoms with Crippen LogP contribution in [0.15, 0.2) is 24.3 Å². The molecule has 0 bridgehead atoms. The lowest BCUT2D eigenvalue weighted by Crippen LogP contribution is -2.42. The van der Waals surface area contributed by atoms with Crippen LogP contribution >= 0.6 is 23.6 Å². The monoisotopic (exact) mass is 376 g/mol. The summed E-state index contributed by atoms with van der Waals surface area (Å²) in [6, 6.07) is 8.40. The first-order chi connectivity index (χ1) is 12.2. The maximum atomic E-state index is 11.7. The fourth-order valence-corrected chi connectivity index (χ4v) is 4.87. The first-order valence-electron chi connectivity index (χ1n) is 8.45. The summed E-state index contributed by atoms with van der Waals surface area (Å²) in [5.41, 5.74) is 1.10. The van der Waals surface area contributed by atoms with Crippen LogP contribution in [0.3, 0.4) is 0 Å². The Morgan fingerprint density at radius 2 is 2.24 bits per heavy atom. The molecule has 4 rings (SSSR count). The largest absolute Gasteiger partial charge is 0.469 e. The number of nitrogens with zero attached hydrogens (tertiary/aromatic N) is 4. The predicted octanol–water partition coefficient (Wildman–Crippen LogP) is 3.46. The number of likely N-dealkylation sites (tertiary alicyclic amines) is 1. The van der Waals surface area contributed by atoms with E-state index in [2.05, 4.69) is 17.0 Å². The summed E-state index contributed by atoms with van der Waals surface area (Å²) in [4.78, 5) is 14.9. The molecule has 0 saturated carbocycles. The van der Waals surface area contributed by atoms with Gasteiger partial charge in [-0.2, -0.15) is 0 Å². The molecule has 1 aromatic carbocycles. The summed E-state index contributed by atoms with van der Waals surface area (Å²) in [6.45, 7) is 1.57. The number of ether oxygens (including phenoxy) is 1. The number of para-hydroxylation sites is 1. The third-order valence-corrected chi connectivity index (χ3v) is 6.22. The van der Waals surface area contributed by atoms with Crippen molar-refractivity contribution in [1.29, 1.82) is 0 Å². The molecule has 6 nitrogen and oxygen atoms in total. The van der Waals surface area contributed by atoms with Crippen LogP contribution in [0.25, 0.3) is 15.2 Å². The molecule has 0 unspecified atom stereocenters. The second-order valence-corrected chi connectivity index (χ2v) is 7.73. The summed E-state index contributed by atoms with van der Waals surface area (Å²) in [5.74, 6) is -0.155. The molecule has 0 radical (unpaired) electrons. The smallest absolute Gasteiger partial charge is 0.307 e. The fraction of sp³-hybridized carbons (Fsp3) is 0.471. The molecule has 132 valence electrons. The zero-order chi connectivity index (χ0) is 17.4. The molecule has 1 saturated heterocycles. The van der Waals surface area contributed by atoms with Gasteiger partial charge in [-0.3, -0.25) is 14.1 Å². The van der Waals surface area contributed by atoms with E-state index in [-0.39, 0.29) is 12.0 Å². The average molecular weight is 377 g/mol. The lowest BCUT2D eigenvalue weighted by molar-refractivity contribution is -0.142. The van der Waals surface area contributed by atoms with Crippen molar-refractivity contribution >= 4 is 44.7 Å². The van der Waals surface area contributed by atoms with Crippen molar-refractivity contribution in [2.45, 2.75) is 38.4 Å². The van der Waals surface area contributed by atoms with Crippen LogP contribution < -0.4 is 0 Å². The van der Waals surface area contributed by atoms with Gasteiger partial charge in [-0.1, -0.05) is 29.9 Å². The number of esters is 1. The highest BCUT2D eigenvalue weighted by atomic mass is 32.1. The molecule has 1 atom stereocenters. The Balaban J connectivity index is 1.64. The van der Waals surface area contributed by atoms with E-state index in [0.29, 0.717) is 17.9 Å². The van der Waals surface area contributed by atoms with Crippen molar-refractivity contribution in [3.8, 4) is 0 Å². The normalized spacial score (nSPS) is 18.8. The number of piperidine rings is 1. The molecule has 0 amide bonds. The van der Waals surface area contributed by atoms with E-state index in [1.54, 1.807) is 11.3 Å². The highest BCUT2D eigenvalue weighted by Crippen LogP contribution is 2.26. The molecule has 25 heavy (non-hydrogen) atoms. The Morgan fingerprint density at radius 1 is 1.40 bits per heavy atom. The summed E-state index contributed by atoms with van der Waals surface area (Å²) in [5, 5.41) is 4.71. The number of methoxy groups -OCH3 is 1. The Hall–Kier alpha value is -1.77. The number of hydrogen-bond donors (Lipinski definition) is 0. The van der Waals surface area contributed by atoms with E-state index in [1.807, 2.05) is 21.2 Å².